The standard InChI is InChI=1S/C14H26N2O2S/c1-12(2)10-16-9-5-8-14(11-16)19(17,18)15-13-6-3-4-7-13/h13-15H,1,3-11H2,2H3. The van der Waals surface area contributed by atoms with Gasteiger partial charge in [0, 0.05) is 19.1 Å². The lowest BCUT2D eigenvalue weighted by molar-refractivity contribution is 0.247. The normalized spacial score (nSPS) is 26.7. The van der Waals surface area contributed by atoms with Crippen LogP contribution in [0.3, 0.4) is 0 Å². The van der Waals surface area contributed by atoms with Gasteiger partial charge in [-0.1, -0.05) is 25.0 Å². The Bertz CT molecular complexity index is 413. The molecule has 1 heterocycles. The van der Waals surface area contributed by atoms with Gasteiger partial charge in [-0.3, -0.25) is 4.90 Å². The summed E-state index contributed by atoms with van der Waals surface area (Å²) < 4.78 is 27.7. The van der Waals surface area contributed by atoms with Gasteiger partial charge >= 0.3 is 0 Å². The molecule has 0 aromatic rings. The Morgan fingerprint density at radius 1 is 1.26 bits per heavy atom. The van der Waals surface area contributed by atoms with Crippen molar-refractivity contribution in [2.75, 3.05) is 19.6 Å². The molecular formula is C14H26N2O2S. The first kappa shape index (κ1) is 15.0. The van der Waals surface area contributed by atoms with Gasteiger partial charge in [0.1, 0.15) is 0 Å². The van der Waals surface area contributed by atoms with Crippen LogP contribution in [0.5, 0.6) is 0 Å². The monoisotopic (exact) mass is 286 g/mol. The van der Waals surface area contributed by atoms with Gasteiger partial charge in [-0.05, 0) is 39.2 Å². The minimum absolute atomic E-state index is 0.182. The molecule has 19 heavy (non-hydrogen) atoms. The smallest absolute Gasteiger partial charge is 0.215 e. The molecule has 0 amide bonds. The van der Waals surface area contributed by atoms with Crippen LogP contribution in [0, 0.1) is 0 Å². The third kappa shape index (κ3) is 4.29. The number of hydrogen-bond donors (Lipinski definition) is 1. The maximum absolute atomic E-state index is 12.4. The number of rotatable bonds is 5. The molecule has 1 atom stereocenters. The topological polar surface area (TPSA) is 49.4 Å². The van der Waals surface area contributed by atoms with E-state index in [1.54, 1.807) is 0 Å². The highest BCUT2D eigenvalue weighted by Gasteiger charge is 2.32. The zero-order valence-corrected chi connectivity index (χ0v) is 12.7. The van der Waals surface area contributed by atoms with Crippen LogP contribution in [0.4, 0.5) is 0 Å². The van der Waals surface area contributed by atoms with Crippen LogP contribution >= 0.6 is 0 Å². The van der Waals surface area contributed by atoms with Crippen molar-refractivity contribution in [3.05, 3.63) is 12.2 Å². The molecule has 1 N–H and O–H groups in total. The fourth-order valence-electron chi connectivity index (χ4n) is 3.16. The maximum Gasteiger partial charge on any atom is 0.215 e. The Labute approximate surface area is 117 Å². The summed E-state index contributed by atoms with van der Waals surface area (Å²) in [5.41, 5.74) is 1.10. The molecule has 2 fully saturated rings. The van der Waals surface area contributed by atoms with Crippen molar-refractivity contribution in [3.63, 3.8) is 0 Å². The number of hydrogen-bond acceptors (Lipinski definition) is 3. The number of likely N-dealkylation sites (tertiary alicyclic amines) is 1. The van der Waals surface area contributed by atoms with Crippen LogP contribution < -0.4 is 4.72 Å². The Hall–Kier alpha value is -0.390. The molecule has 0 spiro atoms. The van der Waals surface area contributed by atoms with Gasteiger partial charge in [0.15, 0.2) is 0 Å². The van der Waals surface area contributed by atoms with Gasteiger partial charge in [0.25, 0.3) is 0 Å². The molecule has 0 radical (unpaired) electrons. The van der Waals surface area contributed by atoms with E-state index in [1.165, 1.54) is 0 Å². The van der Waals surface area contributed by atoms with Crippen molar-refractivity contribution in [1.82, 2.24) is 9.62 Å². The average molecular weight is 286 g/mol. The van der Waals surface area contributed by atoms with Crippen molar-refractivity contribution in [2.45, 2.75) is 56.7 Å². The molecule has 5 heteroatoms. The third-order valence-corrected chi connectivity index (χ3v) is 6.01. The summed E-state index contributed by atoms with van der Waals surface area (Å²) in [5.74, 6) is 0. The van der Waals surface area contributed by atoms with Gasteiger partial charge in [0.2, 0.25) is 10.0 Å². The molecule has 1 saturated carbocycles. The van der Waals surface area contributed by atoms with E-state index in [0.29, 0.717) is 6.54 Å². The Morgan fingerprint density at radius 3 is 2.58 bits per heavy atom. The molecule has 1 aliphatic heterocycles. The van der Waals surface area contributed by atoms with Crippen LogP contribution in [0.25, 0.3) is 0 Å². The van der Waals surface area contributed by atoms with Crippen molar-refractivity contribution >= 4 is 10.0 Å². The van der Waals surface area contributed by atoms with Gasteiger partial charge in [-0.2, -0.15) is 0 Å². The average Bonchev–Trinajstić information content (AvgIpc) is 2.80. The molecule has 0 aromatic carbocycles. The molecular weight excluding hydrogens is 260 g/mol. The molecule has 110 valence electrons. The molecule has 2 aliphatic rings. The molecule has 4 nitrogen and oxygen atoms in total. The summed E-state index contributed by atoms with van der Waals surface area (Å²) in [7, 11) is -3.16. The maximum atomic E-state index is 12.4. The van der Waals surface area contributed by atoms with Crippen LogP contribution in [0.15, 0.2) is 12.2 Å². The van der Waals surface area contributed by atoms with Gasteiger partial charge < -0.3 is 0 Å². The first-order chi connectivity index (χ1) is 8.97. The predicted octanol–water partition coefficient (Wildman–Crippen LogP) is 1.89. The minimum Gasteiger partial charge on any atom is -0.298 e. The van der Waals surface area contributed by atoms with E-state index in [0.717, 1.165) is 57.2 Å². The molecule has 1 unspecified atom stereocenters. The third-order valence-electron chi connectivity index (χ3n) is 4.08. The number of nitrogens with zero attached hydrogens (tertiary/aromatic N) is 1. The van der Waals surface area contributed by atoms with Crippen LogP contribution in [-0.4, -0.2) is 44.2 Å². The van der Waals surface area contributed by atoms with E-state index in [1.807, 2.05) is 6.92 Å². The second kappa shape index (κ2) is 6.37. The summed E-state index contributed by atoms with van der Waals surface area (Å²) in [6.07, 6.45) is 6.06. The van der Waals surface area contributed by atoms with Gasteiger partial charge in [-0.15, -0.1) is 0 Å². The SMILES string of the molecule is C=C(C)CN1CCCC(S(=O)(=O)NC2CCCC2)C1. The lowest BCUT2D eigenvalue weighted by atomic mass is 10.1. The van der Waals surface area contributed by atoms with Crippen LogP contribution in [-0.2, 0) is 10.0 Å². The number of piperidine rings is 1. The lowest BCUT2D eigenvalue weighted by Crippen LogP contribution is -2.48. The summed E-state index contributed by atoms with van der Waals surface area (Å²) >= 11 is 0. The predicted molar refractivity (Wildman–Crippen MR) is 78.6 cm³/mol. The van der Waals surface area contributed by atoms with Crippen LogP contribution in [0.2, 0.25) is 0 Å². The second-order valence-electron chi connectivity index (χ2n) is 6.10. The summed E-state index contributed by atoms with van der Waals surface area (Å²) in [4.78, 5) is 2.21. The highest BCUT2D eigenvalue weighted by atomic mass is 32.2. The van der Waals surface area contributed by atoms with Crippen LogP contribution in [0.1, 0.15) is 45.4 Å². The van der Waals surface area contributed by atoms with Gasteiger partial charge in [-0.25, -0.2) is 13.1 Å². The van der Waals surface area contributed by atoms with E-state index in [-0.39, 0.29) is 11.3 Å². The molecule has 0 aromatic heterocycles. The lowest BCUT2D eigenvalue weighted by Gasteiger charge is -2.33. The molecule has 1 saturated heterocycles. The number of sulfonamides is 1. The second-order valence-corrected chi connectivity index (χ2v) is 8.09. The largest absolute Gasteiger partial charge is 0.298 e. The van der Waals surface area contributed by atoms with Crippen molar-refractivity contribution in [3.8, 4) is 0 Å². The fourth-order valence-corrected chi connectivity index (χ4v) is 4.94. The summed E-state index contributed by atoms with van der Waals surface area (Å²) in [5, 5.41) is -0.249. The number of nitrogens with one attached hydrogen (secondary N) is 1. The Kier molecular flexibility index (Phi) is 5.03. The van der Waals surface area contributed by atoms with E-state index in [9.17, 15) is 8.42 Å². The molecule has 0 bridgehead atoms. The zero-order chi connectivity index (χ0) is 13.9. The summed E-state index contributed by atoms with van der Waals surface area (Å²) in [6, 6.07) is 0.182. The zero-order valence-electron chi connectivity index (χ0n) is 11.9. The first-order valence-electron chi connectivity index (χ1n) is 7.35. The molecule has 1 aliphatic carbocycles. The van der Waals surface area contributed by atoms with E-state index >= 15 is 0 Å². The van der Waals surface area contributed by atoms with E-state index in [2.05, 4.69) is 16.2 Å². The van der Waals surface area contributed by atoms with Crippen molar-refractivity contribution < 1.29 is 8.42 Å². The summed E-state index contributed by atoms with van der Waals surface area (Å²) in [6.45, 7) is 8.36. The quantitative estimate of drug-likeness (QED) is 0.785. The molecule has 2 rings (SSSR count). The van der Waals surface area contributed by atoms with Gasteiger partial charge in [0.05, 0.1) is 5.25 Å². The van der Waals surface area contributed by atoms with Crippen molar-refractivity contribution in [2.24, 2.45) is 0 Å². The van der Waals surface area contributed by atoms with E-state index in [4.69, 9.17) is 0 Å². The fraction of sp³-hybridized carbons (Fsp3) is 0.857. The first-order valence-corrected chi connectivity index (χ1v) is 8.90. The van der Waals surface area contributed by atoms with Crippen molar-refractivity contribution in [1.29, 1.82) is 0 Å². The Morgan fingerprint density at radius 2 is 1.95 bits per heavy atom. The highest BCUT2D eigenvalue weighted by Crippen LogP contribution is 2.22. The van der Waals surface area contributed by atoms with E-state index < -0.39 is 10.0 Å². The minimum atomic E-state index is -3.16. The highest BCUT2D eigenvalue weighted by molar-refractivity contribution is 7.90. The Balaban J connectivity index is 1.93.